The van der Waals surface area contributed by atoms with E-state index >= 15 is 0 Å². The van der Waals surface area contributed by atoms with E-state index in [0.717, 1.165) is 13.1 Å². The van der Waals surface area contributed by atoms with Crippen molar-refractivity contribution in [3.8, 4) is 0 Å². The smallest absolute Gasteiger partial charge is 0.304 e. The normalized spacial score (nSPS) is 28.7. The van der Waals surface area contributed by atoms with E-state index in [4.69, 9.17) is 5.11 Å². The highest BCUT2D eigenvalue weighted by Gasteiger charge is 2.30. The molecule has 1 heterocycles. The summed E-state index contributed by atoms with van der Waals surface area (Å²) >= 11 is 0. The lowest BCUT2D eigenvalue weighted by Gasteiger charge is -2.41. The number of carboxylic acids is 1. The van der Waals surface area contributed by atoms with Gasteiger partial charge >= 0.3 is 5.97 Å². The van der Waals surface area contributed by atoms with Crippen molar-refractivity contribution in [2.75, 3.05) is 20.1 Å². The van der Waals surface area contributed by atoms with Crippen LogP contribution in [0.4, 0.5) is 0 Å². The predicted octanol–water partition coefficient (Wildman–Crippen LogP) is 0.143. The molecule has 0 aromatic carbocycles. The Kier molecular flexibility index (Phi) is 2.93. The van der Waals surface area contributed by atoms with Crippen molar-refractivity contribution >= 4 is 5.97 Å². The lowest BCUT2D eigenvalue weighted by Crippen LogP contribution is -2.61. The Morgan fingerprint density at radius 2 is 2.31 bits per heavy atom. The largest absolute Gasteiger partial charge is 0.481 e. The van der Waals surface area contributed by atoms with Gasteiger partial charge in [-0.3, -0.25) is 4.79 Å². The summed E-state index contributed by atoms with van der Waals surface area (Å²) in [4.78, 5) is 12.7. The molecule has 0 bridgehead atoms. The molecule has 2 N–H and O–H groups in total. The molecule has 0 aromatic rings. The first kappa shape index (κ1) is 10.5. The third-order valence-electron chi connectivity index (χ3n) is 2.21. The molecule has 0 radical (unpaired) electrons. The van der Waals surface area contributed by atoms with Crippen LogP contribution in [0.2, 0.25) is 0 Å². The zero-order chi connectivity index (χ0) is 10.1. The van der Waals surface area contributed by atoms with Gasteiger partial charge in [-0.15, -0.1) is 0 Å². The SMILES string of the molecule is CN1CC(CC(=O)O)NC(C)(C)C1. The Balaban J connectivity index is 2.52. The minimum absolute atomic E-state index is 0.0209. The van der Waals surface area contributed by atoms with E-state index in [1.807, 2.05) is 7.05 Å². The minimum atomic E-state index is -0.733. The lowest BCUT2D eigenvalue weighted by atomic mass is 9.98. The van der Waals surface area contributed by atoms with Crippen LogP contribution in [0.1, 0.15) is 20.3 Å². The van der Waals surface area contributed by atoms with E-state index in [9.17, 15) is 4.79 Å². The molecule has 1 saturated heterocycles. The summed E-state index contributed by atoms with van der Waals surface area (Å²) < 4.78 is 0. The van der Waals surface area contributed by atoms with Crippen molar-refractivity contribution in [1.29, 1.82) is 0 Å². The molecule has 4 nitrogen and oxygen atoms in total. The molecule has 1 fully saturated rings. The summed E-state index contributed by atoms with van der Waals surface area (Å²) in [5.74, 6) is -0.733. The fourth-order valence-corrected chi connectivity index (χ4v) is 2.09. The monoisotopic (exact) mass is 186 g/mol. The van der Waals surface area contributed by atoms with Crippen LogP contribution in [-0.4, -0.2) is 47.7 Å². The van der Waals surface area contributed by atoms with E-state index in [2.05, 4.69) is 24.1 Å². The Bertz CT molecular complexity index is 204. The molecule has 0 aromatic heterocycles. The number of hydrogen-bond donors (Lipinski definition) is 2. The Morgan fingerprint density at radius 3 is 2.77 bits per heavy atom. The Labute approximate surface area is 78.9 Å². The molecule has 76 valence electrons. The van der Waals surface area contributed by atoms with Gasteiger partial charge in [-0.2, -0.15) is 0 Å². The average Bonchev–Trinajstić information content (AvgIpc) is 1.78. The molecular formula is C9H18N2O2. The summed E-state index contributed by atoms with van der Waals surface area (Å²) in [7, 11) is 2.03. The van der Waals surface area contributed by atoms with E-state index in [1.165, 1.54) is 0 Å². The highest BCUT2D eigenvalue weighted by atomic mass is 16.4. The summed E-state index contributed by atoms with van der Waals surface area (Å²) in [6, 6.07) is 0.0752. The molecule has 0 saturated carbocycles. The third kappa shape index (κ3) is 3.32. The summed E-state index contributed by atoms with van der Waals surface area (Å²) in [5.41, 5.74) is 0.0209. The first-order valence-electron chi connectivity index (χ1n) is 4.57. The molecule has 0 aliphatic carbocycles. The first-order valence-corrected chi connectivity index (χ1v) is 4.57. The number of carboxylic acid groups (broad SMARTS) is 1. The van der Waals surface area contributed by atoms with Crippen molar-refractivity contribution in [3.63, 3.8) is 0 Å². The molecule has 13 heavy (non-hydrogen) atoms. The second-order valence-electron chi connectivity index (χ2n) is 4.52. The highest BCUT2D eigenvalue weighted by molar-refractivity contribution is 5.67. The minimum Gasteiger partial charge on any atom is -0.481 e. The second-order valence-corrected chi connectivity index (χ2v) is 4.52. The maximum Gasteiger partial charge on any atom is 0.304 e. The number of piperazine rings is 1. The fourth-order valence-electron chi connectivity index (χ4n) is 2.09. The fraction of sp³-hybridized carbons (Fsp3) is 0.889. The van der Waals surface area contributed by atoms with Gasteiger partial charge in [0.1, 0.15) is 0 Å². The number of nitrogens with zero attached hydrogens (tertiary/aromatic N) is 1. The maximum absolute atomic E-state index is 10.5. The van der Waals surface area contributed by atoms with Crippen molar-refractivity contribution in [2.24, 2.45) is 0 Å². The van der Waals surface area contributed by atoms with Gasteiger partial charge < -0.3 is 15.3 Å². The third-order valence-corrected chi connectivity index (χ3v) is 2.21. The summed E-state index contributed by atoms with van der Waals surface area (Å²) in [6.45, 7) is 5.97. The van der Waals surface area contributed by atoms with E-state index < -0.39 is 5.97 Å². The lowest BCUT2D eigenvalue weighted by molar-refractivity contribution is -0.138. The van der Waals surface area contributed by atoms with Crippen molar-refractivity contribution in [3.05, 3.63) is 0 Å². The molecule has 0 amide bonds. The van der Waals surface area contributed by atoms with Crippen LogP contribution in [0, 0.1) is 0 Å². The predicted molar refractivity (Wildman–Crippen MR) is 50.8 cm³/mol. The molecule has 1 rings (SSSR count). The van der Waals surface area contributed by atoms with Crippen LogP contribution >= 0.6 is 0 Å². The van der Waals surface area contributed by atoms with Gasteiger partial charge in [0, 0.05) is 24.7 Å². The van der Waals surface area contributed by atoms with Crippen LogP contribution in [-0.2, 0) is 4.79 Å². The number of rotatable bonds is 2. The van der Waals surface area contributed by atoms with E-state index in [1.54, 1.807) is 0 Å². The molecule has 1 unspecified atom stereocenters. The number of nitrogens with one attached hydrogen (secondary N) is 1. The number of likely N-dealkylation sites (N-methyl/N-ethyl adjacent to an activating group) is 1. The van der Waals surface area contributed by atoms with E-state index in [-0.39, 0.29) is 18.0 Å². The van der Waals surface area contributed by atoms with Crippen LogP contribution in [0.25, 0.3) is 0 Å². The van der Waals surface area contributed by atoms with Gasteiger partial charge in [0.05, 0.1) is 6.42 Å². The standard InChI is InChI=1S/C9H18N2O2/c1-9(2)6-11(3)5-7(10-9)4-8(12)13/h7,10H,4-6H2,1-3H3,(H,12,13). The highest BCUT2D eigenvalue weighted by Crippen LogP contribution is 2.13. The molecule has 1 aliphatic rings. The van der Waals surface area contributed by atoms with Gasteiger partial charge in [0.15, 0.2) is 0 Å². The summed E-state index contributed by atoms with van der Waals surface area (Å²) in [6.07, 6.45) is 0.202. The second kappa shape index (κ2) is 3.64. The zero-order valence-corrected chi connectivity index (χ0v) is 8.50. The summed E-state index contributed by atoms with van der Waals surface area (Å²) in [5, 5.41) is 12.0. The van der Waals surface area contributed by atoms with Crippen molar-refractivity contribution < 1.29 is 9.90 Å². The molecule has 4 heteroatoms. The maximum atomic E-state index is 10.5. The van der Waals surface area contributed by atoms with Gasteiger partial charge in [-0.25, -0.2) is 0 Å². The van der Waals surface area contributed by atoms with E-state index in [0.29, 0.717) is 0 Å². The Morgan fingerprint density at radius 1 is 1.69 bits per heavy atom. The molecule has 1 aliphatic heterocycles. The van der Waals surface area contributed by atoms with Crippen LogP contribution < -0.4 is 5.32 Å². The first-order chi connectivity index (χ1) is 5.89. The van der Waals surface area contributed by atoms with Crippen LogP contribution in [0.3, 0.4) is 0 Å². The Hall–Kier alpha value is -0.610. The van der Waals surface area contributed by atoms with Gasteiger partial charge in [0.2, 0.25) is 0 Å². The molecular weight excluding hydrogens is 168 g/mol. The van der Waals surface area contributed by atoms with Crippen molar-refractivity contribution in [1.82, 2.24) is 10.2 Å². The van der Waals surface area contributed by atoms with Crippen LogP contribution in [0.5, 0.6) is 0 Å². The molecule has 0 spiro atoms. The quantitative estimate of drug-likeness (QED) is 0.644. The molecule has 1 atom stereocenters. The van der Waals surface area contributed by atoms with Crippen LogP contribution in [0.15, 0.2) is 0 Å². The van der Waals surface area contributed by atoms with Crippen molar-refractivity contribution in [2.45, 2.75) is 31.8 Å². The average molecular weight is 186 g/mol. The van der Waals surface area contributed by atoms with Gasteiger partial charge in [0.25, 0.3) is 0 Å². The topological polar surface area (TPSA) is 52.6 Å². The zero-order valence-electron chi connectivity index (χ0n) is 8.50. The van der Waals surface area contributed by atoms with Gasteiger partial charge in [-0.1, -0.05) is 0 Å². The number of aliphatic carboxylic acids is 1. The number of carbonyl (C=O) groups is 1. The number of hydrogen-bond acceptors (Lipinski definition) is 3. The van der Waals surface area contributed by atoms with Gasteiger partial charge in [-0.05, 0) is 20.9 Å².